The van der Waals surface area contributed by atoms with Crippen LogP contribution in [0.1, 0.15) is 33.2 Å². The lowest BCUT2D eigenvalue weighted by atomic mass is 10.0. The maximum atomic E-state index is 13.0. The monoisotopic (exact) mass is 497 g/mol. The van der Waals surface area contributed by atoms with Gasteiger partial charge < -0.3 is 15.1 Å². The van der Waals surface area contributed by atoms with E-state index in [0.29, 0.717) is 23.7 Å². The number of benzene rings is 4. The average Bonchev–Trinajstić information content (AvgIpc) is 2.93. The molecule has 1 saturated heterocycles. The molecule has 6 heteroatoms. The highest BCUT2D eigenvalue weighted by Gasteiger charge is 2.22. The van der Waals surface area contributed by atoms with Gasteiger partial charge in [0, 0.05) is 59.1 Å². The minimum atomic E-state index is -0.172. The Labute approximate surface area is 216 Å². The summed E-state index contributed by atoms with van der Waals surface area (Å²) in [5.41, 5.74) is 4.37. The number of hydrogen-bond donors (Lipinski definition) is 1. The third kappa shape index (κ3) is 4.93. The number of nitrogens with zero attached hydrogens (tertiary/aromatic N) is 2. The van der Waals surface area contributed by atoms with E-state index >= 15 is 0 Å². The predicted octanol–water partition coefficient (Wildman–Crippen LogP) is 6.27. The number of hydrogen-bond acceptors (Lipinski definition) is 3. The summed E-state index contributed by atoms with van der Waals surface area (Å²) in [5, 5.41) is 5.31. The first kappa shape index (κ1) is 23.9. The van der Waals surface area contributed by atoms with Gasteiger partial charge in [0.05, 0.1) is 0 Å². The summed E-state index contributed by atoms with van der Waals surface area (Å²) in [6.45, 7) is 4.99. The Balaban J connectivity index is 1.20. The maximum absolute atomic E-state index is 13.0. The van der Waals surface area contributed by atoms with E-state index < -0.39 is 0 Å². The summed E-state index contributed by atoms with van der Waals surface area (Å²) in [6.07, 6.45) is 0.966. The normalized spacial score (nSPS) is 13.6. The van der Waals surface area contributed by atoms with Gasteiger partial charge in [-0.05, 0) is 65.9 Å². The number of carbonyl (C=O) groups is 2. The molecular formula is C30H28ClN3O2. The Hall–Kier alpha value is -3.83. The lowest BCUT2D eigenvalue weighted by molar-refractivity contribution is 0.0746. The van der Waals surface area contributed by atoms with Gasteiger partial charge in [-0.1, -0.05) is 54.9 Å². The van der Waals surface area contributed by atoms with Gasteiger partial charge in [0.1, 0.15) is 0 Å². The van der Waals surface area contributed by atoms with Gasteiger partial charge in [-0.3, -0.25) is 9.59 Å². The number of nitrogens with one attached hydrogen (secondary N) is 1. The van der Waals surface area contributed by atoms with Crippen LogP contribution in [0.2, 0.25) is 5.02 Å². The second-order valence-corrected chi connectivity index (χ2v) is 9.38. The summed E-state index contributed by atoms with van der Waals surface area (Å²) in [5.74, 6) is -0.0835. The molecule has 0 bridgehead atoms. The smallest absolute Gasteiger partial charge is 0.256 e. The fourth-order valence-corrected chi connectivity index (χ4v) is 4.89. The Morgan fingerprint density at radius 3 is 2.17 bits per heavy atom. The van der Waals surface area contributed by atoms with Crippen LogP contribution in [0.3, 0.4) is 0 Å². The van der Waals surface area contributed by atoms with Crippen molar-refractivity contribution in [3.8, 4) is 0 Å². The maximum Gasteiger partial charge on any atom is 0.256 e. The zero-order chi connectivity index (χ0) is 25.1. The number of amides is 2. The molecule has 2 amide bonds. The van der Waals surface area contributed by atoms with E-state index in [1.807, 2.05) is 83.8 Å². The number of fused-ring (bicyclic) bond motifs is 1. The average molecular weight is 498 g/mol. The zero-order valence-corrected chi connectivity index (χ0v) is 21.0. The molecule has 0 spiro atoms. The van der Waals surface area contributed by atoms with Crippen LogP contribution in [-0.4, -0.2) is 42.9 Å². The van der Waals surface area contributed by atoms with Crippen LogP contribution in [0, 0.1) is 0 Å². The molecule has 1 heterocycles. The second kappa shape index (κ2) is 10.4. The van der Waals surface area contributed by atoms with Gasteiger partial charge in [0.15, 0.2) is 0 Å². The van der Waals surface area contributed by atoms with Gasteiger partial charge >= 0.3 is 0 Å². The number of rotatable bonds is 5. The van der Waals surface area contributed by atoms with E-state index in [0.717, 1.165) is 47.2 Å². The summed E-state index contributed by atoms with van der Waals surface area (Å²) in [4.78, 5) is 30.0. The van der Waals surface area contributed by atoms with Crippen LogP contribution < -0.4 is 10.2 Å². The van der Waals surface area contributed by atoms with E-state index in [9.17, 15) is 9.59 Å². The topological polar surface area (TPSA) is 52.7 Å². The predicted molar refractivity (Wildman–Crippen MR) is 147 cm³/mol. The highest BCUT2D eigenvalue weighted by molar-refractivity contribution is 6.36. The van der Waals surface area contributed by atoms with Gasteiger partial charge in [-0.2, -0.15) is 0 Å². The van der Waals surface area contributed by atoms with Crippen LogP contribution in [0.25, 0.3) is 10.8 Å². The van der Waals surface area contributed by atoms with Crippen molar-refractivity contribution < 1.29 is 9.59 Å². The van der Waals surface area contributed by atoms with Crippen molar-refractivity contribution in [2.24, 2.45) is 0 Å². The van der Waals surface area contributed by atoms with E-state index in [4.69, 9.17) is 11.6 Å². The Kier molecular flexibility index (Phi) is 6.92. The van der Waals surface area contributed by atoms with Crippen LogP contribution in [0.15, 0.2) is 84.9 Å². The molecule has 0 aliphatic carbocycles. The van der Waals surface area contributed by atoms with Crippen molar-refractivity contribution in [3.05, 3.63) is 107 Å². The third-order valence-corrected chi connectivity index (χ3v) is 7.11. The van der Waals surface area contributed by atoms with Crippen LogP contribution in [0.4, 0.5) is 11.4 Å². The van der Waals surface area contributed by atoms with Crippen LogP contribution >= 0.6 is 11.6 Å². The first-order valence-corrected chi connectivity index (χ1v) is 12.6. The van der Waals surface area contributed by atoms with Crippen molar-refractivity contribution in [3.63, 3.8) is 0 Å². The highest BCUT2D eigenvalue weighted by Crippen LogP contribution is 2.27. The standard InChI is InChI=1S/C30H28ClN3O2/c1-2-21-9-11-22(12-10-21)30(36)34-19-17-33(18-20-34)24-15-13-23(14-16-24)32-29(35)27-7-3-6-26-25(27)5-4-8-28(26)31/h3-16H,2,17-20H2,1H3,(H,32,35). The third-order valence-electron chi connectivity index (χ3n) is 6.78. The number of aryl methyl sites for hydroxylation is 1. The summed E-state index contributed by atoms with van der Waals surface area (Å²) in [6, 6.07) is 26.9. The zero-order valence-electron chi connectivity index (χ0n) is 20.2. The molecule has 1 aliphatic heterocycles. The first-order chi connectivity index (χ1) is 17.5. The SMILES string of the molecule is CCc1ccc(C(=O)N2CCN(c3ccc(NC(=O)c4cccc5c(Cl)cccc45)cc3)CC2)cc1. The molecule has 1 fully saturated rings. The molecule has 0 unspecified atom stereocenters. The first-order valence-electron chi connectivity index (χ1n) is 12.3. The van der Waals surface area contributed by atoms with E-state index in [-0.39, 0.29) is 11.8 Å². The molecular weight excluding hydrogens is 470 g/mol. The fourth-order valence-electron chi connectivity index (χ4n) is 4.66. The molecule has 5 nitrogen and oxygen atoms in total. The van der Waals surface area contributed by atoms with Crippen LogP contribution in [0.5, 0.6) is 0 Å². The molecule has 4 aromatic carbocycles. The van der Waals surface area contributed by atoms with Gasteiger partial charge in [-0.25, -0.2) is 0 Å². The lowest BCUT2D eigenvalue weighted by Gasteiger charge is -2.36. The largest absolute Gasteiger partial charge is 0.368 e. The lowest BCUT2D eigenvalue weighted by Crippen LogP contribution is -2.48. The molecule has 5 rings (SSSR count). The summed E-state index contributed by atoms with van der Waals surface area (Å²) < 4.78 is 0. The molecule has 36 heavy (non-hydrogen) atoms. The summed E-state index contributed by atoms with van der Waals surface area (Å²) >= 11 is 6.30. The molecule has 0 saturated carbocycles. The van der Waals surface area contributed by atoms with Crippen molar-refractivity contribution in [2.75, 3.05) is 36.4 Å². The van der Waals surface area contributed by atoms with Gasteiger partial charge in [0.2, 0.25) is 0 Å². The van der Waals surface area contributed by atoms with E-state index in [1.165, 1.54) is 5.56 Å². The Morgan fingerprint density at radius 1 is 0.806 bits per heavy atom. The summed E-state index contributed by atoms with van der Waals surface area (Å²) in [7, 11) is 0. The van der Waals surface area contributed by atoms with Crippen LogP contribution in [-0.2, 0) is 6.42 Å². The molecule has 4 aromatic rings. The Bertz CT molecular complexity index is 1390. The number of carbonyl (C=O) groups excluding carboxylic acids is 2. The van der Waals surface area contributed by atoms with E-state index in [2.05, 4.69) is 17.1 Å². The fraction of sp³-hybridized carbons (Fsp3) is 0.200. The molecule has 182 valence electrons. The molecule has 0 aromatic heterocycles. The quantitative estimate of drug-likeness (QED) is 0.353. The molecule has 1 aliphatic rings. The van der Waals surface area contributed by atoms with Gasteiger partial charge in [-0.15, -0.1) is 0 Å². The molecule has 1 N–H and O–H groups in total. The number of halogens is 1. The van der Waals surface area contributed by atoms with Crippen molar-refractivity contribution >= 4 is 45.6 Å². The highest BCUT2D eigenvalue weighted by atomic mass is 35.5. The number of piperazine rings is 1. The van der Waals surface area contributed by atoms with Crippen molar-refractivity contribution in [2.45, 2.75) is 13.3 Å². The van der Waals surface area contributed by atoms with Crippen molar-refractivity contribution in [1.29, 1.82) is 0 Å². The number of anilines is 2. The Morgan fingerprint density at radius 2 is 1.47 bits per heavy atom. The van der Waals surface area contributed by atoms with Gasteiger partial charge in [0.25, 0.3) is 11.8 Å². The minimum Gasteiger partial charge on any atom is -0.368 e. The van der Waals surface area contributed by atoms with Crippen molar-refractivity contribution in [1.82, 2.24) is 4.90 Å². The van der Waals surface area contributed by atoms with E-state index in [1.54, 1.807) is 6.07 Å². The second-order valence-electron chi connectivity index (χ2n) is 8.97. The molecule has 0 radical (unpaired) electrons. The minimum absolute atomic E-state index is 0.0880. The molecule has 0 atom stereocenters.